The molecule has 7 heteroatoms. The smallest absolute Gasteiger partial charge is 0.320 e. The molecular weight excluding hydrogens is 318 g/mol. The van der Waals surface area contributed by atoms with Crippen LogP contribution in [0.2, 0.25) is 0 Å². The molecule has 136 valence electrons. The van der Waals surface area contributed by atoms with Gasteiger partial charge in [-0.3, -0.25) is 5.32 Å². The molecule has 0 aliphatic heterocycles. The van der Waals surface area contributed by atoms with Gasteiger partial charge in [0.15, 0.2) is 0 Å². The van der Waals surface area contributed by atoms with Crippen LogP contribution in [0.15, 0.2) is 10.6 Å². The molecule has 0 unspecified atom stereocenters. The van der Waals surface area contributed by atoms with Crippen molar-refractivity contribution in [1.29, 1.82) is 0 Å². The summed E-state index contributed by atoms with van der Waals surface area (Å²) in [7, 11) is 0. The zero-order valence-electron chi connectivity index (χ0n) is 15.3. The van der Waals surface area contributed by atoms with Crippen LogP contribution < -0.4 is 10.6 Å². The molecule has 3 rings (SSSR count). The lowest BCUT2D eigenvalue weighted by molar-refractivity contribution is 0.251. The van der Waals surface area contributed by atoms with E-state index in [9.17, 15) is 4.79 Å². The third kappa shape index (κ3) is 4.21. The Morgan fingerprint density at radius 3 is 2.76 bits per heavy atom. The molecule has 2 N–H and O–H groups in total. The number of aromatic nitrogens is 3. The van der Waals surface area contributed by atoms with Gasteiger partial charge in [0.1, 0.15) is 11.6 Å². The largest absolute Gasteiger partial charge is 0.361 e. The fourth-order valence-electron chi connectivity index (χ4n) is 3.52. The zero-order chi connectivity index (χ0) is 17.8. The third-order valence-corrected chi connectivity index (χ3v) is 4.84. The van der Waals surface area contributed by atoms with Crippen molar-refractivity contribution in [3.05, 3.63) is 28.8 Å². The topological polar surface area (TPSA) is 85.0 Å². The quantitative estimate of drug-likeness (QED) is 0.782. The minimum absolute atomic E-state index is 0.182. The van der Waals surface area contributed by atoms with Gasteiger partial charge in [-0.1, -0.05) is 18.0 Å². The number of amides is 2. The van der Waals surface area contributed by atoms with Crippen LogP contribution in [-0.4, -0.2) is 27.5 Å². The van der Waals surface area contributed by atoms with Crippen LogP contribution in [0.1, 0.15) is 60.9 Å². The van der Waals surface area contributed by atoms with Crippen LogP contribution in [0.25, 0.3) is 0 Å². The summed E-state index contributed by atoms with van der Waals surface area (Å²) < 4.78 is 7.14. The minimum Gasteiger partial charge on any atom is -0.361 e. The Balaban J connectivity index is 1.48. The standard InChI is InChI=1S/C18H27N5O2/c1-12-11-17(23(21-12)15-7-4-5-8-15)20-18(24)19-10-6-9-16-13(2)22-25-14(16)3/h11,15H,4-10H2,1-3H3,(H2,19,20,24). The van der Waals surface area contributed by atoms with Crippen LogP contribution in [0, 0.1) is 20.8 Å². The average molecular weight is 345 g/mol. The van der Waals surface area contributed by atoms with Crippen LogP contribution in [0.5, 0.6) is 0 Å². The van der Waals surface area contributed by atoms with Crippen LogP contribution >= 0.6 is 0 Å². The van der Waals surface area contributed by atoms with Crippen molar-refractivity contribution < 1.29 is 9.32 Å². The predicted octanol–water partition coefficient (Wildman–Crippen LogP) is 3.67. The normalized spacial score (nSPS) is 14.8. The van der Waals surface area contributed by atoms with Gasteiger partial charge in [-0.05, 0) is 46.5 Å². The van der Waals surface area contributed by atoms with E-state index in [1.54, 1.807) is 0 Å². The van der Waals surface area contributed by atoms with E-state index in [0.29, 0.717) is 12.6 Å². The number of rotatable bonds is 6. The number of nitrogens with one attached hydrogen (secondary N) is 2. The second kappa shape index (κ2) is 7.72. The Morgan fingerprint density at radius 1 is 1.32 bits per heavy atom. The molecule has 7 nitrogen and oxygen atoms in total. The number of anilines is 1. The summed E-state index contributed by atoms with van der Waals surface area (Å²) in [4.78, 5) is 12.2. The van der Waals surface area contributed by atoms with Crippen molar-refractivity contribution in [3.63, 3.8) is 0 Å². The molecule has 1 aliphatic rings. The first kappa shape index (κ1) is 17.5. The number of hydrogen-bond donors (Lipinski definition) is 2. The molecule has 0 radical (unpaired) electrons. The summed E-state index contributed by atoms with van der Waals surface area (Å²) in [6, 6.07) is 2.16. The Bertz CT molecular complexity index is 708. The zero-order valence-corrected chi connectivity index (χ0v) is 15.3. The first-order valence-electron chi connectivity index (χ1n) is 9.07. The summed E-state index contributed by atoms with van der Waals surface area (Å²) in [6.07, 6.45) is 6.43. The molecule has 2 amide bonds. The van der Waals surface area contributed by atoms with Crippen molar-refractivity contribution in [2.24, 2.45) is 0 Å². The van der Waals surface area contributed by atoms with Gasteiger partial charge in [-0.2, -0.15) is 5.10 Å². The maximum Gasteiger partial charge on any atom is 0.320 e. The molecule has 2 aromatic heterocycles. The molecule has 1 aliphatic carbocycles. The lowest BCUT2D eigenvalue weighted by Crippen LogP contribution is -2.31. The van der Waals surface area contributed by atoms with E-state index in [1.165, 1.54) is 12.8 Å². The molecule has 0 spiro atoms. The number of nitrogens with zero attached hydrogens (tertiary/aromatic N) is 3. The molecule has 2 aromatic rings. The van der Waals surface area contributed by atoms with Crippen molar-refractivity contribution >= 4 is 11.8 Å². The summed E-state index contributed by atoms with van der Waals surface area (Å²) in [6.45, 7) is 6.42. The Morgan fingerprint density at radius 2 is 2.08 bits per heavy atom. The molecule has 25 heavy (non-hydrogen) atoms. The summed E-state index contributed by atoms with van der Waals surface area (Å²) >= 11 is 0. The number of hydrogen-bond acceptors (Lipinski definition) is 4. The Labute approximate surface area is 148 Å². The van der Waals surface area contributed by atoms with Gasteiger partial charge in [0.05, 0.1) is 17.4 Å². The van der Waals surface area contributed by atoms with Gasteiger partial charge in [-0.25, -0.2) is 9.48 Å². The highest BCUT2D eigenvalue weighted by Gasteiger charge is 2.21. The maximum atomic E-state index is 12.2. The Kier molecular flexibility index (Phi) is 5.40. The monoisotopic (exact) mass is 345 g/mol. The van der Waals surface area contributed by atoms with Gasteiger partial charge in [0, 0.05) is 18.2 Å². The van der Waals surface area contributed by atoms with Gasteiger partial charge in [0.25, 0.3) is 0 Å². The molecule has 1 saturated carbocycles. The number of aryl methyl sites for hydroxylation is 3. The SMILES string of the molecule is Cc1cc(NC(=O)NCCCc2c(C)noc2C)n(C2CCCC2)n1. The van der Waals surface area contributed by atoms with Crippen molar-refractivity contribution in [3.8, 4) is 0 Å². The van der Waals surface area contributed by atoms with Gasteiger partial charge in [0.2, 0.25) is 0 Å². The molecular formula is C18H27N5O2. The van der Waals surface area contributed by atoms with E-state index in [0.717, 1.165) is 54.2 Å². The van der Waals surface area contributed by atoms with E-state index in [-0.39, 0.29) is 6.03 Å². The summed E-state index contributed by atoms with van der Waals surface area (Å²) in [5, 5.41) is 14.4. The minimum atomic E-state index is -0.182. The highest BCUT2D eigenvalue weighted by molar-refractivity contribution is 5.88. The van der Waals surface area contributed by atoms with E-state index < -0.39 is 0 Å². The van der Waals surface area contributed by atoms with E-state index >= 15 is 0 Å². The third-order valence-electron chi connectivity index (χ3n) is 4.84. The highest BCUT2D eigenvalue weighted by Crippen LogP contribution is 2.31. The molecule has 1 fully saturated rings. The predicted molar refractivity (Wildman–Crippen MR) is 95.8 cm³/mol. The summed E-state index contributed by atoms with van der Waals surface area (Å²) in [5.74, 6) is 1.64. The van der Waals surface area contributed by atoms with E-state index in [2.05, 4.69) is 20.9 Å². The van der Waals surface area contributed by atoms with Crippen LogP contribution in [0.3, 0.4) is 0 Å². The van der Waals surface area contributed by atoms with Gasteiger partial charge in [-0.15, -0.1) is 0 Å². The highest BCUT2D eigenvalue weighted by atomic mass is 16.5. The molecule has 0 atom stereocenters. The van der Waals surface area contributed by atoms with E-state index in [1.807, 2.05) is 31.5 Å². The fraction of sp³-hybridized carbons (Fsp3) is 0.611. The molecule has 0 saturated heterocycles. The van der Waals surface area contributed by atoms with Crippen LogP contribution in [0.4, 0.5) is 10.6 Å². The lowest BCUT2D eigenvalue weighted by atomic mass is 10.1. The maximum absolute atomic E-state index is 12.2. The first-order valence-corrected chi connectivity index (χ1v) is 9.07. The van der Waals surface area contributed by atoms with Gasteiger partial charge >= 0.3 is 6.03 Å². The average Bonchev–Trinajstić information content (AvgIpc) is 3.27. The first-order chi connectivity index (χ1) is 12.0. The van der Waals surface area contributed by atoms with Crippen LogP contribution in [-0.2, 0) is 6.42 Å². The summed E-state index contributed by atoms with van der Waals surface area (Å²) in [5.41, 5.74) is 3.00. The second-order valence-electron chi connectivity index (χ2n) is 6.84. The fourth-order valence-corrected chi connectivity index (χ4v) is 3.52. The molecule has 2 heterocycles. The van der Waals surface area contributed by atoms with E-state index in [4.69, 9.17) is 4.52 Å². The van der Waals surface area contributed by atoms with Crippen molar-refractivity contribution in [2.45, 2.75) is 65.3 Å². The molecule has 0 bridgehead atoms. The number of carbonyl (C=O) groups is 1. The van der Waals surface area contributed by atoms with Crippen molar-refractivity contribution in [2.75, 3.05) is 11.9 Å². The Hall–Kier alpha value is -2.31. The molecule has 0 aromatic carbocycles. The van der Waals surface area contributed by atoms with Gasteiger partial charge < -0.3 is 9.84 Å². The van der Waals surface area contributed by atoms with Crippen molar-refractivity contribution in [1.82, 2.24) is 20.3 Å². The second-order valence-corrected chi connectivity index (χ2v) is 6.84. The number of urea groups is 1. The lowest BCUT2D eigenvalue weighted by Gasteiger charge is -2.15. The number of carbonyl (C=O) groups excluding carboxylic acids is 1.